The predicted octanol–water partition coefficient (Wildman–Crippen LogP) is 3.52. The first-order valence-electron chi connectivity index (χ1n) is 13.0. The van der Waals surface area contributed by atoms with Crippen LogP contribution in [-0.4, -0.2) is 57.0 Å². The van der Waals surface area contributed by atoms with Gasteiger partial charge >= 0.3 is 6.18 Å². The van der Waals surface area contributed by atoms with Crippen molar-refractivity contribution >= 4 is 32.7 Å². The van der Waals surface area contributed by atoms with E-state index in [9.17, 15) is 26.4 Å². The van der Waals surface area contributed by atoms with E-state index in [0.717, 1.165) is 23.3 Å². The number of rotatable bonds is 9. The first-order valence-corrected chi connectivity index (χ1v) is 14.4. The average molecular weight is 604 g/mol. The third kappa shape index (κ3) is 6.50. The number of anilines is 1. The number of sulfonamides is 1. The number of nitrogens with one attached hydrogen (secondary N) is 3. The fourth-order valence-corrected chi connectivity index (χ4v) is 5.64. The molecular formula is C28H28F3N5O5S. The highest BCUT2D eigenvalue weighted by Gasteiger charge is 2.31. The number of hydrogen-bond acceptors (Lipinski definition) is 7. The molecule has 5 rings (SSSR count). The molecular weight excluding hydrogens is 575 g/mol. The van der Waals surface area contributed by atoms with Crippen LogP contribution in [0.25, 0.3) is 10.9 Å². The van der Waals surface area contributed by atoms with E-state index in [1.807, 2.05) is 24.3 Å². The molecule has 1 aromatic heterocycles. The van der Waals surface area contributed by atoms with E-state index in [4.69, 9.17) is 9.47 Å². The number of nitrogens with zero attached hydrogens (tertiary/aromatic N) is 2. The third-order valence-corrected chi connectivity index (χ3v) is 8.07. The molecule has 1 saturated heterocycles. The van der Waals surface area contributed by atoms with Gasteiger partial charge in [-0.2, -0.15) is 18.3 Å². The van der Waals surface area contributed by atoms with Crippen LogP contribution in [0.15, 0.2) is 71.6 Å². The summed E-state index contributed by atoms with van der Waals surface area (Å²) in [5, 5.41) is 10.9. The quantitative estimate of drug-likeness (QED) is 0.268. The lowest BCUT2D eigenvalue weighted by molar-refractivity contribution is -0.137. The minimum atomic E-state index is -4.59. The SMILES string of the molecule is COc1cccc2c1c(NS(=O)(=O)c1ccc(C(F)(F)F)cc1)nn2Cc1cccc(CNC(=O)[C@H]2COCCN2)c1. The number of aromatic nitrogens is 2. The number of methoxy groups -OCH3 is 1. The van der Waals surface area contributed by atoms with Crippen LogP contribution < -0.4 is 20.1 Å². The Kier molecular flexibility index (Phi) is 8.38. The lowest BCUT2D eigenvalue weighted by Gasteiger charge is -2.22. The van der Waals surface area contributed by atoms with Crippen LogP contribution in [0.4, 0.5) is 19.0 Å². The molecule has 3 aromatic carbocycles. The number of alkyl halides is 3. The standard InChI is InChI=1S/C28H28F3N5O5S/c1-40-24-7-3-6-23-25(24)26(35-42(38,39)21-10-8-20(9-11-21)28(29,30)31)34-36(23)16-19-5-2-4-18(14-19)15-33-27(37)22-17-41-13-12-32-22/h2-11,14,22,32H,12-13,15-17H2,1H3,(H,33,37)(H,34,35)/t22-/m1/s1. The Morgan fingerprint density at radius 2 is 1.86 bits per heavy atom. The Labute approximate surface area is 239 Å². The van der Waals surface area contributed by atoms with Gasteiger partial charge in [-0.15, -0.1) is 0 Å². The fourth-order valence-electron chi connectivity index (χ4n) is 4.63. The van der Waals surface area contributed by atoms with Crippen molar-refractivity contribution in [3.63, 3.8) is 0 Å². The van der Waals surface area contributed by atoms with Gasteiger partial charge in [-0.1, -0.05) is 30.3 Å². The summed E-state index contributed by atoms with van der Waals surface area (Å²) in [6.07, 6.45) is -4.59. The van der Waals surface area contributed by atoms with Gasteiger partial charge in [0.2, 0.25) is 5.91 Å². The molecule has 1 amide bonds. The zero-order valence-corrected chi connectivity index (χ0v) is 23.3. The summed E-state index contributed by atoms with van der Waals surface area (Å²) in [5.74, 6) is 0.170. The molecule has 2 heterocycles. The number of halogens is 3. The van der Waals surface area contributed by atoms with Crippen LogP contribution in [-0.2, 0) is 38.8 Å². The smallest absolute Gasteiger partial charge is 0.416 e. The highest BCUT2D eigenvalue weighted by Crippen LogP contribution is 2.34. The van der Waals surface area contributed by atoms with Gasteiger partial charge in [-0.25, -0.2) is 8.42 Å². The van der Waals surface area contributed by atoms with Gasteiger partial charge in [0.15, 0.2) is 5.82 Å². The van der Waals surface area contributed by atoms with Crippen molar-refractivity contribution in [1.29, 1.82) is 0 Å². The molecule has 1 aliphatic rings. The van der Waals surface area contributed by atoms with E-state index < -0.39 is 27.8 Å². The summed E-state index contributed by atoms with van der Waals surface area (Å²) >= 11 is 0. The van der Waals surface area contributed by atoms with Crippen molar-refractivity contribution in [2.24, 2.45) is 0 Å². The minimum absolute atomic E-state index is 0.0343. The molecule has 4 aromatic rings. The maximum absolute atomic E-state index is 13.1. The number of benzene rings is 3. The first kappa shape index (κ1) is 29.4. The van der Waals surface area contributed by atoms with Crippen molar-refractivity contribution in [2.75, 3.05) is 31.6 Å². The zero-order chi connectivity index (χ0) is 29.9. The Hall–Kier alpha value is -4.14. The monoisotopic (exact) mass is 603 g/mol. The first-order chi connectivity index (χ1) is 20.0. The van der Waals surface area contributed by atoms with Crippen LogP contribution in [0, 0.1) is 0 Å². The Morgan fingerprint density at radius 3 is 2.55 bits per heavy atom. The lowest BCUT2D eigenvalue weighted by Crippen LogP contribution is -2.51. The molecule has 1 aliphatic heterocycles. The van der Waals surface area contributed by atoms with E-state index in [-0.39, 0.29) is 23.2 Å². The number of fused-ring (bicyclic) bond motifs is 1. The van der Waals surface area contributed by atoms with Gasteiger partial charge in [-0.3, -0.25) is 14.2 Å². The second-order valence-electron chi connectivity index (χ2n) is 9.61. The number of carbonyl (C=O) groups excluding carboxylic acids is 1. The lowest BCUT2D eigenvalue weighted by atomic mass is 10.1. The number of carbonyl (C=O) groups is 1. The normalized spacial score (nSPS) is 15.9. The summed E-state index contributed by atoms with van der Waals surface area (Å²) in [5.41, 5.74) is 1.31. The summed E-state index contributed by atoms with van der Waals surface area (Å²) in [7, 11) is -2.85. The number of hydrogen-bond donors (Lipinski definition) is 3. The van der Waals surface area contributed by atoms with Crippen molar-refractivity contribution in [2.45, 2.75) is 30.2 Å². The molecule has 222 valence electrons. The predicted molar refractivity (Wildman–Crippen MR) is 149 cm³/mol. The molecule has 0 spiro atoms. The second kappa shape index (κ2) is 12.0. The van der Waals surface area contributed by atoms with Crippen molar-refractivity contribution in [3.05, 3.63) is 83.4 Å². The fraction of sp³-hybridized carbons (Fsp3) is 0.286. The molecule has 3 N–H and O–H groups in total. The molecule has 42 heavy (non-hydrogen) atoms. The number of morpholine rings is 1. The second-order valence-corrected chi connectivity index (χ2v) is 11.3. The Morgan fingerprint density at radius 1 is 1.12 bits per heavy atom. The van der Waals surface area contributed by atoms with Gasteiger partial charge in [0.05, 0.1) is 48.2 Å². The zero-order valence-electron chi connectivity index (χ0n) is 22.4. The van der Waals surface area contributed by atoms with Crippen LogP contribution in [0.2, 0.25) is 0 Å². The average Bonchev–Trinajstić information content (AvgIpc) is 3.32. The largest absolute Gasteiger partial charge is 0.496 e. The molecule has 0 radical (unpaired) electrons. The molecule has 0 saturated carbocycles. The van der Waals surface area contributed by atoms with Crippen molar-refractivity contribution < 1.29 is 35.9 Å². The van der Waals surface area contributed by atoms with E-state index in [1.165, 1.54) is 7.11 Å². The van der Waals surface area contributed by atoms with Crippen LogP contribution in [0.3, 0.4) is 0 Å². The number of ether oxygens (including phenoxy) is 2. The van der Waals surface area contributed by atoms with Crippen LogP contribution in [0.5, 0.6) is 5.75 Å². The summed E-state index contributed by atoms with van der Waals surface area (Å²) in [6, 6.07) is 15.5. The molecule has 1 atom stereocenters. The van der Waals surface area contributed by atoms with Gasteiger partial charge in [-0.05, 0) is 47.5 Å². The van der Waals surface area contributed by atoms with E-state index in [1.54, 1.807) is 22.9 Å². The van der Waals surface area contributed by atoms with Crippen molar-refractivity contribution in [1.82, 2.24) is 20.4 Å². The summed E-state index contributed by atoms with van der Waals surface area (Å²) in [4.78, 5) is 12.1. The highest BCUT2D eigenvalue weighted by atomic mass is 32.2. The maximum Gasteiger partial charge on any atom is 0.416 e. The molecule has 0 bridgehead atoms. The molecule has 14 heteroatoms. The van der Waals surface area contributed by atoms with E-state index >= 15 is 0 Å². The van der Waals surface area contributed by atoms with E-state index in [2.05, 4.69) is 20.5 Å². The maximum atomic E-state index is 13.1. The molecule has 0 aliphatic carbocycles. The molecule has 10 nitrogen and oxygen atoms in total. The Balaban J connectivity index is 1.39. The molecule has 1 fully saturated rings. The third-order valence-electron chi connectivity index (χ3n) is 6.71. The van der Waals surface area contributed by atoms with E-state index in [0.29, 0.717) is 55.1 Å². The topological polar surface area (TPSA) is 124 Å². The highest BCUT2D eigenvalue weighted by molar-refractivity contribution is 7.92. The van der Waals surface area contributed by atoms with Crippen LogP contribution >= 0.6 is 0 Å². The van der Waals surface area contributed by atoms with Gasteiger partial charge in [0.25, 0.3) is 10.0 Å². The minimum Gasteiger partial charge on any atom is -0.496 e. The molecule has 0 unspecified atom stereocenters. The number of amides is 1. The van der Waals surface area contributed by atoms with Crippen molar-refractivity contribution in [3.8, 4) is 5.75 Å². The van der Waals surface area contributed by atoms with Gasteiger partial charge in [0, 0.05) is 13.1 Å². The van der Waals surface area contributed by atoms with Gasteiger partial charge in [0.1, 0.15) is 11.8 Å². The van der Waals surface area contributed by atoms with Gasteiger partial charge < -0.3 is 20.1 Å². The summed E-state index contributed by atoms with van der Waals surface area (Å²) in [6.45, 7) is 2.05. The summed E-state index contributed by atoms with van der Waals surface area (Å²) < 4.78 is 80.0. The Bertz CT molecular complexity index is 1680. The van der Waals surface area contributed by atoms with Crippen LogP contribution in [0.1, 0.15) is 16.7 Å².